The highest BCUT2D eigenvalue weighted by molar-refractivity contribution is 5.85. The first-order valence-corrected chi connectivity index (χ1v) is 8.06. The minimum absolute atomic E-state index is 0.686. The number of ether oxygens (including phenoxy) is 1. The Balaban J connectivity index is 1.86. The molecule has 0 aliphatic heterocycles. The van der Waals surface area contributed by atoms with E-state index < -0.39 is 0 Å². The van der Waals surface area contributed by atoms with Crippen LogP contribution in [-0.2, 0) is 6.42 Å². The van der Waals surface area contributed by atoms with Crippen molar-refractivity contribution in [1.29, 1.82) is 0 Å². The molecule has 114 valence electrons. The van der Waals surface area contributed by atoms with Crippen molar-refractivity contribution >= 4 is 10.8 Å². The van der Waals surface area contributed by atoms with Crippen molar-refractivity contribution in [1.82, 2.24) is 0 Å². The van der Waals surface area contributed by atoms with Gasteiger partial charge in [0, 0.05) is 11.1 Å². The van der Waals surface area contributed by atoms with Gasteiger partial charge in [-0.15, -0.1) is 0 Å². The van der Waals surface area contributed by atoms with E-state index in [0.29, 0.717) is 6.61 Å². The van der Waals surface area contributed by atoms with Gasteiger partial charge in [-0.05, 0) is 66.1 Å². The summed E-state index contributed by atoms with van der Waals surface area (Å²) in [6, 6.07) is 20.9. The van der Waals surface area contributed by atoms with Gasteiger partial charge < -0.3 is 4.74 Å². The maximum Gasteiger partial charge on any atom is 0.119 e. The molecule has 3 aromatic rings. The first kappa shape index (κ1) is 15.2. The zero-order valence-electron chi connectivity index (χ0n) is 13.6. The average molecular weight is 300 g/mol. The molecule has 1 heteroatoms. The van der Waals surface area contributed by atoms with Gasteiger partial charge in [-0.1, -0.05) is 43.0 Å². The third-order valence-electron chi connectivity index (χ3n) is 3.84. The van der Waals surface area contributed by atoms with Crippen LogP contribution in [-0.4, -0.2) is 6.61 Å². The normalized spacial score (nSPS) is 10.2. The lowest BCUT2D eigenvalue weighted by Crippen LogP contribution is -1.90. The molecule has 0 heterocycles. The Morgan fingerprint density at radius 2 is 1.39 bits per heavy atom. The zero-order valence-corrected chi connectivity index (χ0v) is 13.6. The highest BCUT2D eigenvalue weighted by Crippen LogP contribution is 2.22. The molecule has 0 aromatic heterocycles. The van der Waals surface area contributed by atoms with Gasteiger partial charge in [0.25, 0.3) is 0 Å². The lowest BCUT2D eigenvalue weighted by molar-refractivity contribution is 0.341. The molecule has 0 spiro atoms. The van der Waals surface area contributed by atoms with E-state index in [0.717, 1.165) is 23.3 Å². The van der Waals surface area contributed by atoms with E-state index in [2.05, 4.69) is 73.4 Å². The lowest BCUT2D eigenvalue weighted by atomic mass is 10.1. The van der Waals surface area contributed by atoms with Crippen LogP contribution in [0, 0.1) is 11.8 Å². The smallest absolute Gasteiger partial charge is 0.119 e. The molecule has 0 N–H and O–H groups in total. The summed E-state index contributed by atoms with van der Waals surface area (Å²) in [5, 5.41) is 2.36. The van der Waals surface area contributed by atoms with Crippen LogP contribution in [0.3, 0.4) is 0 Å². The quantitative estimate of drug-likeness (QED) is 0.604. The van der Waals surface area contributed by atoms with E-state index in [9.17, 15) is 0 Å². The Morgan fingerprint density at radius 3 is 2.13 bits per heavy atom. The van der Waals surface area contributed by atoms with Gasteiger partial charge in [0.05, 0.1) is 6.61 Å². The molecule has 23 heavy (non-hydrogen) atoms. The van der Waals surface area contributed by atoms with Crippen molar-refractivity contribution in [2.75, 3.05) is 6.61 Å². The van der Waals surface area contributed by atoms with Gasteiger partial charge in [-0.2, -0.15) is 0 Å². The third-order valence-corrected chi connectivity index (χ3v) is 3.84. The predicted octanol–water partition coefficient (Wildman–Crippen LogP) is 5.20. The number of aryl methyl sites for hydroxylation is 1. The first-order valence-electron chi connectivity index (χ1n) is 8.06. The van der Waals surface area contributed by atoms with Gasteiger partial charge in [0.15, 0.2) is 0 Å². The van der Waals surface area contributed by atoms with Crippen molar-refractivity contribution in [3.63, 3.8) is 0 Å². The molecule has 1 nitrogen and oxygen atoms in total. The fraction of sp³-hybridized carbons (Fsp3) is 0.182. The molecule has 0 bridgehead atoms. The fourth-order valence-electron chi connectivity index (χ4n) is 2.53. The van der Waals surface area contributed by atoms with Crippen LogP contribution in [0.2, 0.25) is 0 Å². The average Bonchev–Trinajstić information content (AvgIpc) is 2.60. The minimum Gasteiger partial charge on any atom is -0.494 e. The summed E-state index contributed by atoms with van der Waals surface area (Å²) in [4.78, 5) is 0. The first-order chi connectivity index (χ1) is 11.3. The minimum atomic E-state index is 0.686. The molecule has 0 aliphatic carbocycles. The summed E-state index contributed by atoms with van der Waals surface area (Å²) in [6.45, 7) is 4.84. The highest BCUT2D eigenvalue weighted by atomic mass is 16.5. The molecule has 0 saturated heterocycles. The Bertz CT molecular complexity index is 864. The second kappa shape index (κ2) is 7.03. The number of hydrogen-bond donors (Lipinski definition) is 0. The van der Waals surface area contributed by atoms with Crippen LogP contribution < -0.4 is 4.74 Å². The molecule has 3 rings (SSSR count). The molecule has 0 unspecified atom stereocenters. The molecule has 0 amide bonds. The van der Waals surface area contributed by atoms with Crippen molar-refractivity contribution in [3.8, 4) is 17.6 Å². The van der Waals surface area contributed by atoms with Crippen molar-refractivity contribution < 1.29 is 4.74 Å². The molecular weight excluding hydrogens is 280 g/mol. The van der Waals surface area contributed by atoms with Crippen molar-refractivity contribution in [3.05, 3.63) is 77.4 Å². The van der Waals surface area contributed by atoms with Gasteiger partial charge in [-0.3, -0.25) is 0 Å². The van der Waals surface area contributed by atoms with Crippen molar-refractivity contribution in [2.24, 2.45) is 0 Å². The highest BCUT2D eigenvalue weighted by Gasteiger charge is 1.98. The Morgan fingerprint density at radius 1 is 0.739 bits per heavy atom. The number of fused-ring (bicyclic) bond motifs is 1. The molecule has 0 atom stereocenters. The second-order valence-electron chi connectivity index (χ2n) is 5.46. The Hall–Kier alpha value is -2.72. The Kier molecular flexibility index (Phi) is 4.64. The van der Waals surface area contributed by atoms with Gasteiger partial charge >= 0.3 is 0 Å². The third kappa shape index (κ3) is 3.73. The number of benzene rings is 3. The van der Waals surface area contributed by atoms with Crippen LogP contribution in [0.25, 0.3) is 10.8 Å². The maximum atomic E-state index is 5.54. The molecule has 0 saturated carbocycles. The number of hydrogen-bond acceptors (Lipinski definition) is 1. The topological polar surface area (TPSA) is 9.23 Å². The van der Waals surface area contributed by atoms with E-state index in [1.807, 2.05) is 13.0 Å². The summed E-state index contributed by atoms with van der Waals surface area (Å²) in [6.07, 6.45) is 1.06. The van der Waals surface area contributed by atoms with Crippen LogP contribution in [0.15, 0.2) is 60.7 Å². The summed E-state index contributed by atoms with van der Waals surface area (Å²) in [7, 11) is 0. The van der Waals surface area contributed by atoms with E-state index in [1.54, 1.807) is 0 Å². The van der Waals surface area contributed by atoms with Crippen LogP contribution in [0.4, 0.5) is 0 Å². The van der Waals surface area contributed by atoms with Crippen LogP contribution >= 0.6 is 0 Å². The van der Waals surface area contributed by atoms with Gasteiger partial charge in [0.2, 0.25) is 0 Å². The van der Waals surface area contributed by atoms with Crippen LogP contribution in [0.1, 0.15) is 30.5 Å². The fourth-order valence-corrected chi connectivity index (χ4v) is 2.53. The second-order valence-corrected chi connectivity index (χ2v) is 5.46. The molecule has 0 aliphatic rings. The summed E-state index contributed by atoms with van der Waals surface area (Å²) in [5.41, 5.74) is 3.42. The maximum absolute atomic E-state index is 5.54. The van der Waals surface area contributed by atoms with Crippen molar-refractivity contribution in [2.45, 2.75) is 20.3 Å². The summed E-state index contributed by atoms with van der Waals surface area (Å²) in [5.74, 6) is 7.39. The van der Waals surface area contributed by atoms with Crippen LogP contribution in [0.5, 0.6) is 5.75 Å². The lowest BCUT2D eigenvalue weighted by Gasteiger charge is -2.04. The van der Waals surface area contributed by atoms with E-state index in [1.165, 1.54) is 16.3 Å². The van der Waals surface area contributed by atoms with E-state index >= 15 is 0 Å². The van der Waals surface area contributed by atoms with Gasteiger partial charge in [-0.25, -0.2) is 0 Å². The van der Waals surface area contributed by atoms with E-state index in [-0.39, 0.29) is 0 Å². The molecular formula is C22H20O. The predicted molar refractivity (Wildman–Crippen MR) is 96.9 cm³/mol. The standard InChI is InChI=1S/C22H20O/c1-3-17-5-7-18(8-6-17)9-10-19-11-12-21-16-22(23-4-2)14-13-20(21)15-19/h5-8,11-16H,3-4H2,1-2H3. The van der Waals surface area contributed by atoms with Gasteiger partial charge in [0.1, 0.15) is 5.75 Å². The molecule has 0 fully saturated rings. The number of rotatable bonds is 3. The summed E-state index contributed by atoms with van der Waals surface area (Å²) < 4.78 is 5.54. The zero-order chi connectivity index (χ0) is 16.1. The SMILES string of the molecule is CCOc1ccc2cc(C#Cc3ccc(CC)cc3)ccc2c1. The summed E-state index contributed by atoms with van der Waals surface area (Å²) >= 11 is 0. The largest absolute Gasteiger partial charge is 0.494 e. The molecule has 3 aromatic carbocycles. The monoisotopic (exact) mass is 300 g/mol. The Labute approximate surface area is 137 Å². The molecule has 0 radical (unpaired) electrons. The van der Waals surface area contributed by atoms with E-state index in [4.69, 9.17) is 4.74 Å².